The monoisotopic (exact) mass is 490 g/mol. The molecule has 0 heterocycles. The van der Waals surface area contributed by atoms with Gasteiger partial charge in [-0.2, -0.15) is 0 Å². The van der Waals surface area contributed by atoms with Gasteiger partial charge in [0.15, 0.2) is 5.11 Å². The zero-order valence-electron chi connectivity index (χ0n) is 20.3. The highest BCUT2D eigenvalue weighted by Gasteiger charge is 2.15. The van der Waals surface area contributed by atoms with Gasteiger partial charge in [0, 0.05) is 29.4 Å². The first-order valence-electron chi connectivity index (χ1n) is 11.1. The fourth-order valence-electron chi connectivity index (χ4n) is 3.37. The third kappa shape index (κ3) is 6.88. The van der Waals surface area contributed by atoms with Crippen LogP contribution in [0.2, 0.25) is 0 Å². The van der Waals surface area contributed by atoms with Crippen LogP contribution < -0.4 is 26.4 Å². The van der Waals surface area contributed by atoms with E-state index in [2.05, 4.69) is 36.7 Å². The number of nitrogens with one attached hydrogen (secondary N) is 3. The van der Waals surface area contributed by atoms with Crippen molar-refractivity contribution in [1.29, 1.82) is 0 Å². The molecule has 182 valence electrons. The number of methoxy groups -OCH3 is 1. The van der Waals surface area contributed by atoms with Crippen molar-refractivity contribution in [2.45, 2.75) is 32.7 Å². The molecule has 35 heavy (non-hydrogen) atoms. The number of carbonyl (C=O) groups excluding carboxylic acids is 2. The Morgan fingerprint density at radius 1 is 0.914 bits per heavy atom. The van der Waals surface area contributed by atoms with Crippen LogP contribution >= 0.6 is 12.2 Å². The third-order valence-corrected chi connectivity index (χ3v) is 5.58. The molecule has 0 unspecified atom stereocenters. The highest BCUT2D eigenvalue weighted by atomic mass is 32.1. The molecule has 0 aliphatic heterocycles. The van der Waals surface area contributed by atoms with Crippen LogP contribution in [0, 0.1) is 0 Å². The minimum Gasteiger partial charge on any atom is -0.494 e. The van der Waals surface area contributed by atoms with Gasteiger partial charge in [-0.1, -0.05) is 45.0 Å². The first-order chi connectivity index (χ1) is 16.6. The molecule has 3 rings (SSSR count). The molecule has 5 N–H and O–H groups in total. The highest BCUT2D eigenvalue weighted by Crippen LogP contribution is 2.28. The fourth-order valence-corrected chi connectivity index (χ4v) is 3.58. The molecule has 7 nitrogen and oxygen atoms in total. The number of hydrogen-bond donors (Lipinski definition) is 4. The Bertz CT molecular complexity index is 1230. The van der Waals surface area contributed by atoms with E-state index in [1.807, 2.05) is 18.2 Å². The molecule has 0 saturated carbocycles. The van der Waals surface area contributed by atoms with E-state index in [1.165, 1.54) is 7.11 Å². The molecule has 0 atom stereocenters. The number of thiocarbonyl (C=S) groups is 1. The summed E-state index contributed by atoms with van der Waals surface area (Å²) in [7, 11) is 1.51. The summed E-state index contributed by atoms with van der Waals surface area (Å²) < 4.78 is 5.43. The molecule has 8 heteroatoms. The fraction of sp³-hybridized carbons (Fsp3) is 0.222. The summed E-state index contributed by atoms with van der Waals surface area (Å²) in [5.41, 5.74) is 9.77. The van der Waals surface area contributed by atoms with Crippen LogP contribution in [0.25, 0.3) is 0 Å². The van der Waals surface area contributed by atoms with Gasteiger partial charge in [0.25, 0.3) is 11.8 Å². The van der Waals surface area contributed by atoms with Gasteiger partial charge in [-0.05, 0) is 65.2 Å². The van der Waals surface area contributed by atoms with E-state index < -0.39 is 0 Å². The summed E-state index contributed by atoms with van der Waals surface area (Å²) in [5, 5.41) is 8.64. The molecule has 0 bridgehead atoms. The minimum absolute atomic E-state index is 0.00502. The molecule has 3 aromatic carbocycles. The number of carbonyl (C=O) groups is 2. The number of benzene rings is 3. The molecule has 0 radical (unpaired) electrons. The van der Waals surface area contributed by atoms with Crippen LogP contribution in [0.15, 0.2) is 66.7 Å². The molecule has 0 aliphatic carbocycles. The average Bonchev–Trinajstić information content (AvgIpc) is 2.84. The van der Waals surface area contributed by atoms with E-state index in [0.717, 1.165) is 11.1 Å². The minimum atomic E-state index is -0.307. The van der Waals surface area contributed by atoms with E-state index in [0.29, 0.717) is 34.8 Å². The number of ether oxygens (including phenoxy) is 1. The summed E-state index contributed by atoms with van der Waals surface area (Å²) in [6.07, 6.45) is 0. The lowest BCUT2D eigenvalue weighted by atomic mass is 9.87. The van der Waals surface area contributed by atoms with Crippen LogP contribution in [-0.4, -0.2) is 24.0 Å². The van der Waals surface area contributed by atoms with Gasteiger partial charge in [0.05, 0.1) is 12.8 Å². The number of rotatable bonds is 6. The smallest absolute Gasteiger partial charge is 0.257 e. The standard InChI is InChI=1S/C27H30N4O3S/c1-27(2,3)20-10-8-18(9-11-20)24(32)31-26(35)29-21-12-13-22(23(15-21)34-4)30-25(33)19-7-5-6-17(14-19)16-28/h5-15H,16,28H2,1-4H3,(H,30,33)(H2,29,31,32,35). The van der Waals surface area contributed by atoms with Gasteiger partial charge in [-0.3, -0.25) is 14.9 Å². The molecular formula is C27H30N4O3S. The maximum Gasteiger partial charge on any atom is 0.257 e. The van der Waals surface area contributed by atoms with E-state index >= 15 is 0 Å². The maximum atomic E-state index is 12.7. The Hall–Kier alpha value is -3.75. The predicted octanol–water partition coefficient (Wildman–Crippen LogP) is 4.83. The summed E-state index contributed by atoms with van der Waals surface area (Å²) in [5.74, 6) is -0.150. The summed E-state index contributed by atoms with van der Waals surface area (Å²) in [6, 6.07) is 19.7. The van der Waals surface area contributed by atoms with Gasteiger partial charge in [0.2, 0.25) is 0 Å². The molecule has 0 fully saturated rings. The lowest BCUT2D eigenvalue weighted by Gasteiger charge is -2.19. The Morgan fingerprint density at radius 2 is 1.63 bits per heavy atom. The van der Waals surface area contributed by atoms with Crippen molar-refractivity contribution in [3.05, 3.63) is 89.0 Å². The maximum absolute atomic E-state index is 12.7. The second-order valence-corrected chi connectivity index (χ2v) is 9.42. The highest BCUT2D eigenvalue weighted by molar-refractivity contribution is 7.80. The number of anilines is 2. The van der Waals surface area contributed by atoms with Crippen LogP contribution in [0.4, 0.5) is 11.4 Å². The van der Waals surface area contributed by atoms with Gasteiger partial charge in [-0.15, -0.1) is 0 Å². The van der Waals surface area contributed by atoms with Crippen LogP contribution in [0.1, 0.15) is 52.6 Å². The van der Waals surface area contributed by atoms with Gasteiger partial charge >= 0.3 is 0 Å². The second kappa shape index (κ2) is 11.1. The quantitative estimate of drug-likeness (QED) is 0.369. The van der Waals surface area contributed by atoms with Crippen LogP contribution in [-0.2, 0) is 12.0 Å². The molecule has 0 saturated heterocycles. The summed E-state index contributed by atoms with van der Waals surface area (Å²) >= 11 is 5.30. The topological polar surface area (TPSA) is 105 Å². The number of nitrogens with two attached hydrogens (primary N) is 1. The Balaban J connectivity index is 1.64. The summed E-state index contributed by atoms with van der Waals surface area (Å²) in [4.78, 5) is 25.2. The van der Waals surface area contributed by atoms with Crippen molar-refractivity contribution in [2.75, 3.05) is 17.7 Å². The van der Waals surface area contributed by atoms with Crippen molar-refractivity contribution < 1.29 is 14.3 Å². The zero-order valence-corrected chi connectivity index (χ0v) is 21.1. The molecule has 0 aliphatic rings. The third-order valence-electron chi connectivity index (χ3n) is 5.37. The SMILES string of the molecule is COc1cc(NC(=S)NC(=O)c2ccc(C(C)(C)C)cc2)ccc1NC(=O)c1cccc(CN)c1. The predicted molar refractivity (Wildman–Crippen MR) is 144 cm³/mol. The van der Waals surface area contributed by atoms with E-state index in [9.17, 15) is 9.59 Å². The lowest BCUT2D eigenvalue weighted by Crippen LogP contribution is -2.34. The van der Waals surface area contributed by atoms with Crippen molar-refractivity contribution in [2.24, 2.45) is 5.73 Å². The molecule has 3 aromatic rings. The zero-order chi connectivity index (χ0) is 25.6. The first-order valence-corrected chi connectivity index (χ1v) is 11.5. The number of hydrogen-bond acceptors (Lipinski definition) is 5. The lowest BCUT2D eigenvalue weighted by molar-refractivity contribution is 0.0976. The van der Waals surface area contributed by atoms with Crippen molar-refractivity contribution in [1.82, 2.24) is 5.32 Å². The normalized spacial score (nSPS) is 10.9. The Labute approximate surface area is 211 Å². The molecule has 2 amide bonds. The van der Waals surface area contributed by atoms with Crippen molar-refractivity contribution in [3.63, 3.8) is 0 Å². The second-order valence-electron chi connectivity index (χ2n) is 9.01. The van der Waals surface area contributed by atoms with Gasteiger partial charge in [0.1, 0.15) is 5.75 Å². The largest absolute Gasteiger partial charge is 0.494 e. The Kier molecular flexibility index (Phi) is 8.22. The van der Waals surface area contributed by atoms with Gasteiger partial charge < -0.3 is 21.1 Å². The summed E-state index contributed by atoms with van der Waals surface area (Å²) in [6.45, 7) is 6.70. The Morgan fingerprint density at radius 3 is 2.26 bits per heavy atom. The number of amides is 2. The van der Waals surface area contributed by atoms with E-state index in [4.69, 9.17) is 22.7 Å². The first kappa shape index (κ1) is 25.9. The van der Waals surface area contributed by atoms with Crippen LogP contribution in [0.3, 0.4) is 0 Å². The van der Waals surface area contributed by atoms with Gasteiger partial charge in [-0.25, -0.2) is 0 Å². The van der Waals surface area contributed by atoms with E-state index in [1.54, 1.807) is 48.5 Å². The molecule has 0 aromatic heterocycles. The molecule has 0 spiro atoms. The average molecular weight is 491 g/mol. The van der Waals surface area contributed by atoms with Crippen LogP contribution in [0.5, 0.6) is 5.75 Å². The molecular weight excluding hydrogens is 460 g/mol. The van der Waals surface area contributed by atoms with E-state index in [-0.39, 0.29) is 22.3 Å². The van der Waals surface area contributed by atoms with Crippen molar-refractivity contribution in [3.8, 4) is 5.75 Å². The van der Waals surface area contributed by atoms with Crippen molar-refractivity contribution >= 4 is 40.5 Å².